The quantitative estimate of drug-likeness (QED) is 0.871. The summed E-state index contributed by atoms with van der Waals surface area (Å²) >= 11 is 0. The molecule has 142 valence electrons. The summed E-state index contributed by atoms with van der Waals surface area (Å²) in [6.07, 6.45) is -3.00. The summed E-state index contributed by atoms with van der Waals surface area (Å²) in [5.41, 5.74) is -1.79. The van der Waals surface area contributed by atoms with Gasteiger partial charge in [0.05, 0.1) is 11.2 Å². The van der Waals surface area contributed by atoms with Gasteiger partial charge in [-0.1, -0.05) is 0 Å². The van der Waals surface area contributed by atoms with Gasteiger partial charge in [0.1, 0.15) is 0 Å². The van der Waals surface area contributed by atoms with Crippen LogP contribution in [0.5, 0.6) is 0 Å². The van der Waals surface area contributed by atoms with E-state index in [1.807, 2.05) is 0 Å². The number of halogens is 3. The van der Waals surface area contributed by atoms with Crippen LogP contribution >= 0.6 is 0 Å². The first kappa shape index (κ1) is 18.7. The third-order valence-corrected chi connectivity index (χ3v) is 5.00. The average molecular weight is 370 g/mol. The Morgan fingerprint density at radius 2 is 1.81 bits per heavy atom. The number of anilines is 1. The predicted octanol–water partition coefficient (Wildman–Crippen LogP) is 2.82. The van der Waals surface area contributed by atoms with Crippen LogP contribution in [0.15, 0.2) is 18.2 Å². The van der Waals surface area contributed by atoms with Gasteiger partial charge < -0.3 is 14.9 Å². The third-order valence-electron chi connectivity index (χ3n) is 5.00. The van der Waals surface area contributed by atoms with Gasteiger partial charge in [-0.3, -0.25) is 9.59 Å². The number of rotatable bonds is 2. The minimum atomic E-state index is -4.61. The van der Waals surface area contributed by atoms with Crippen molar-refractivity contribution >= 4 is 17.5 Å². The largest absolute Gasteiger partial charge is 0.416 e. The summed E-state index contributed by atoms with van der Waals surface area (Å²) in [4.78, 5) is 27.4. The summed E-state index contributed by atoms with van der Waals surface area (Å²) < 4.78 is 39.8. The minimum Gasteiger partial charge on any atom is -0.390 e. The van der Waals surface area contributed by atoms with E-state index in [1.165, 1.54) is 15.9 Å². The number of amides is 2. The molecule has 2 amide bonds. The van der Waals surface area contributed by atoms with E-state index in [0.717, 1.165) is 12.1 Å². The summed E-state index contributed by atoms with van der Waals surface area (Å²) in [7, 11) is 0. The van der Waals surface area contributed by atoms with Crippen molar-refractivity contribution < 1.29 is 27.9 Å². The van der Waals surface area contributed by atoms with Gasteiger partial charge in [0.25, 0.3) is 5.91 Å². The number of piperidine rings is 1. The Labute approximate surface area is 149 Å². The molecule has 0 aliphatic carbocycles. The zero-order chi connectivity index (χ0) is 19.1. The van der Waals surface area contributed by atoms with Crippen LogP contribution in [0.3, 0.4) is 0 Å². The van der Waals surface area contributed by atoms with Gasteiger partial charge in [0.15, 0.2) is 0 Å². The smallest absolute Gasteiger partial charge is 0.390 e. The molecule has 1 aromatic rings. The first-order chi connectivity index (χ1) is 12.1. The highest BCUT2D eigenvalue weighted by molar-refractivity contribution is 5.99. The van der Waals surface area contributed by atoms with E-state index in [4.69, 9.17) is 0 Å². The van der Waals surface area contributed by atoms with Crippen molar-refractivity contribution in [2.24, 2.45) is 0 Å². The van der Waals surface area contributed by atoms with Crippen molar-refractivity contribution in [2.75, 3.05) is 24.5 Å². The van der Waals surface area contributed by atoms with Crippen molar-refractivity contribution in [3.63, 3.8) is 0 Å². The molecule has 1 N–H and O–H groups in total. The fraction of sp³-hybridized carbons (Fsp3) is 0.556. The number of alkyl halides is 3. The van der Waals surface area contributed by atoms with Gasteiger partial charge in [0, 0.05) is 37.3 Å². The van der Waals surface area contributed by atoms with E-state index in [9.17, 15) is 27.9 Å². The Kier molecular flexibility index (Phi) is 4.72. The lowest BCUT2D eigenvalue weighted by Crippen LogP contribution is -2.45. The summed E-state index contributed by atoms with van der Waals surface area (Å²) in [6.45, 7) is 2.58. The second-order valence-corrected chi connectivity index (χ2v) is 7.20. The molecule has 2 saturated heterocycles. The maximum atomic E-state index is 13.3. The minimum absolute atomic E-state index is 0.0870. The SMILES string of the molecule is CC1(O)CCN(C(=O)c2cc(N3CCCC3=O)cc(C(F)(F)F)c2)CC1. The van der Waals surface area contributed by atoms with Gasteiger partial charge in [-0.15, -0.1) is 0 Å². The molecule has 0 bridgehead atoms. The molecule has 3 rings (SSSR count). The fourth-order valence-corrected chi connectivity index (χ4v) is 3.35. The molecular weight excluding hydrogens is 349 g/mol. The van der Waals surface area contributed by atoms with Crippen molar-refractivity contribution in [2.45, 2.75) is 44.4 Å². The van der Waals surface area contributed by atoms with Gasteiger partial charge in [-0.2, -0.15) is 13.2 Å². The van der Waals surface area contributed by atoms with E-state index in [1.54, 1.807) is 6.92 Å². The van der Waals surface area contributed by atoms with Crippen LogP contribution in [0.2, 0.25) is 0 Å². The molecule has 0 atom stereocenters. The molecule has 0 aromatic heterocycles. The fourth-order valence-electron chi connectivity index (χ4n) is 3.35. The Morgan fingerprint density at radius 1 is 1.15 bits per heavy atom. The highest BCUT2D eigenvalue weighted by Crippen LogP contribution is 2.35. The molecule has 0 unspecified atom stereocenters. The molecule has 0 saturated carbocycles. The molecule has 0 spiro atoms. The lowest BCUT2D eigenvalue weighted by Gasteiger charge is -2.36. The van der Waals surface area contributed by atoms with Crippen LogP contribution in [-0.2, 0) is 11.0 Å². The number of carbonyl (C=O) groups is 2. The molecule has 26 heavy (non-hydrogen) atoms. The Bertz CT molecular complexity index is 721. The first-order valence-corrected chi connectivity index (χ1v) is 8.61. The van der Waals surface area contributed by atoms with E-state index in [2.05, 4.69) is 0 Å². The van der Waals surface area contributed by atoms with Crippen molar-refractivity contribution in [1.82, 2.24) is 4.90 Å². The second kappa shape index (κ2) is 6.57. The zero-order valence-corrected chi connectivity index (χ0v) is 14.5. The van der Waals surface area contributed by atoms with Crippen LogP contribution in [0, 0.1) is 0 Å². The Hall–Kier alpha value is -2.09. The van der Waals surface area contributed by atoms with E-state index < -0.39 is 23.2 Å². The number of carbonyl (C=O) groups excluding carboxylic acids is 2. The number of nitrogens with zero attached hydrogens (tertiary/aromatic N) is 2. The summed E-state index contributed by atoms with van der Waals surface area (Å²) in [6, 6.07) is 3.10. The zero-order valence-electron chi connectivity index (χ0n) is 14.5. The number of hydrogen-bond acceptors (Lipinski definition) is 3. The van der Waals surface area contributed by atoms with Crippen molar-refractivity contribution in [3.8, 4) is 0 Å². The highest BCUT2D eigenvalue weighted by atomic mass is 19.4. The Balaban J connectivity index is 1.93. The van der Waals surface area contributed by atoms with Crippen LogP contribution in [0.4, 0.5) is 18.9 Å². The topological polar surface area (TPSA) is 60.9 Å². The van der Waals surface area contributed by atoms with Crippen molar-refractivity contribution in [1.29, 1.82) is 0 Å². The van der Waals surface area contributed by atoms with E-state index in [-0.39, 0.29) is 30.2 Å². The molecule has 2 aliphatic rings. The van der Waals surface area contributed by atoms with Crippen LogP contribution in [-0.4, -0.2) is 47.1 Å². The molecular formula is C18H21F3N2O3. The Morgan fingerprint density at radius 3 is 2.35 bits per heavy atom. The molecule has 0 radical (unpaired) electrons. The van der Waals surface area contributed by atoms with Crippen LogP contribution < -0.4 is 4.90 Å². The highest BCUT2D eigenvalue weighted by Gasteiger charge is 2.35. The van der Waals surface area contributed by atoms with Crippen LogP contribution in [0.1, 0.15) is 48.5 Å². The number of benzene rings is 1. The average Bonchev–Trinajstić information content (AvgIpc) is 2.99. The van der Waals surface area contributed by atoms with Crippen LogP contribution in [0.25, 0.3) is 0 Å². The van der Waals surface area contributed by atoms with Gasteiger partial charge in [-0.25, -0.2) is 0 Å². The summed E-state index contributed by atoms with van der Waals surface area (Å²) in [5.74, 6) is -0.753. The maximum Gasteiger partial charge on any atom is 0.416 e. The second-order valence-electron chi connectivity index (χ2n) is 7.20. The molecule has 2 fully saturated rings. The van der Waals surface area contributed by atoms with E-state index in [0.29, 0.717) is 32.2 Å². The lowest BCUT2D eigenvalue weighted by atomic mass is 9.93. The van der Waals surface area contributed by atoms with Crippen molar-refractivity contribution in [3.05, 3.63) is 29.3 Å². The number of aliphatic hydroxyl groups is 1. The summed E-state index contributed by atoms with van der Waals surface area (Å²) in [5, 5.41) is 9.98. The molecule has 2 heterocycles. The number of likely N-dealkylation sites (tertiary alicyclic amines) is 1. The maximum absolute atomic E-state index is 13.3. The third kappa shape index (κ3) is 3.85. The normalized spacial score (nSPS) is 20.6. The lowest BCUT2D eigenvalue weighted by molar-refractivity contribution is -0.137. The van der Waals surface area contributed by atoms with Gasteiger partial charge in [-0.05, 0) is 44.4 Å². The standard InChI is InChI=1S/C18H21F3N2O3/c1-17(26)4-7-22(8-5-17)16(25)12-9-13(18(19,20)21)11-14(10-12)23-6-2-3-15(23)24/h9-11,26H,2-8H2,1H3. The van der Waals surface area contributed by atoms with Gasteiger partial charge in [0.2, 0.25) is 5.91 Å². The van der Waals surface area contributed by atoms with E-state index >= 15 is 0 Å². The van der Waals surface area contributed by atoms with Gasteiger partial charge >= 0.3 is 6.18 Å². The first-order valence-electron chi connectivity index (χ1n) is 8.61. The molecule has 8 heteroatoms. The molecule has 2 aliphatic heterocycles. The number of hydrogen-bond donors (Lipinski definition) is 1. The molecule has 5 nitrogen and oxygen atoms in total. The monoisotopic (exact) mass is 370 g/mol. The molecule has 1 aromatic carbocycles. The predicted molar refractivity (Wildman–Crippen MR) is 88.8 cm³/mol.